The average Bonchev–Trinajstić information content (AvgIpc) is 3.00. The Morgan fingerprint density at radius 3 is 2.86 bits per heavy atom. The number of carbonyl (C=O) groups excluding carboxylic acids is 1. The molecule has 1 aromatic heterocycles. The molecule has 0 spiro atoms. The quantitative estimate of drug-likeness (QED) is 0.834. The maximum Gasteiger partial charge on any atom is 0.220 e. The molecule has 0 bridgehead atoms. The van der Waals surface area contributed by atoms with Gasteiger partial charge in [0.2, 0.25) is 5.91 Å². The minimum Gasteiger partial charge on any atom is -0.494 e. The highest BCUT2D eigenvalue weighted by atomic mass is 32.1. The summed E-state index contributed by atoms with van der Waals surface area (Å²) in [5.74, 6) is -0.225. The van der Waals surface area contributed by atoms with Gasteiger partial charge in [0, 0.05) is 11.3 Å². The van der Waals surface area contributed by atoms with Crippen molar-refractivity contribution in [3.05, 3.63) is 52.0 Å². The number of aryl methyl sites for hydroxylation is 1. The van der Waals surface area contributed by atoms with Gasteiger partial charge >= 0.3 is 0 Å². The molecule has 1 unspecified atom stereocenters. The third kappa shape index (κ3) is 4.56. The third-order valence-corrected chi connectivity index (χ3v) is 4.40. The molecule has 0 fully saturated rings. The molecule has 118 valence electrons. The summed E-state index contributed by atoms with van der Waals surface area (Å²) in [7, 11) is 1.43. The lowest BCUT2D eigenvalue weighted by Gasteiger charge is -2.15. The Morgan fingerprint density at radius 1 is 1.41 bits per heavy atom. The number of benzene rings is 1. The number of ether oxygens (including phenoxy) is 1. The Morgan fingerprint density at radius 2 is 2.23 bits per heavy atom. The minimum absolute atomic E-state index is 0.0136. The molecule has 1 aromatic carbocycles. The Kier molecular flexibility index (Phi) is 5.95. The summed E-state index contributed by atoms with van der Waals surface area (Å²) < 4.78 is 18.6. The number of hydrogen-bond acceptors (Lipinski definition) is 3. The molecule has 0 aliphatic heterocycles. The van der Waals surface area contributed by atoms with Gasteiger partial charge in [-0.1, -0.05) is 12.1 Å². The highest BCUT2D eigenvalue weighted by Crippen LogP contribution is 2.21. The highest BCUT2D eigenvalue weighted by Gasteiger charge is 2.12. The maximum atomic E-state index is 13.7. The van der Waals surface area contributed by atoms with E-state index in [2.05, 4.69) is 11.4 Å². The van der Waals surface area contributed by atoms with Crippen LogP contribution in [0.2, 0.25) is 0 Å². The van der Waals surface area contributed by atoms with E-state index in [0.717, 1.165) is 18.4 Å². The van der Waals surface area contributed by atoms with Crippen molar-refractivity contribution >= 4 is 17.2 Å². The lowest BCUT2D eigenvalue weighted by molar-refractivity contribution is -0.121. The fourth-order valence-electron chi connectivity index (χ4n) is 2.23. The summed E-state index contributed by atoms with van der Waals surface area (Å²) in [6.07, 6.45) is 2.20. The van der Waals surface area contributed by atoms with Gasteiger partial charge in [-0.05, 0) is 48.9 Å². The zero-order chi connectivity index (χ0) is 15.9. The Bertz CT molecular complexity index is 613. The highest BCUT2D eigenvalue weighted by molar-refractivity contribution is 7.09. The fourth-order valence-corrected chi connectivity index (χ4v) is 2.98. The van der Waals surface area contributed by atoms with Gasteiger partial charge in [0.15, 0.2) is 11.6 Å². The van der Waals surface area contributed by atoms with Crippen molar-refractivity contribution in [2.75, 3.05) is 7.11 Å². The van der Waals surface area contributed by atoms with E-state index in [1.54, 1.807) is 23.5 Å². The van der Waals surface area contributed by atoms with Gasteiger partial charge in [-0.3, -0.25) is 4.79 Å². The predicted octanol–water partition coefficient (Wildman–Crippen LogP) is 4.10. The second-order valence-corrected chi connectivity index (χ2v) is 6.15. The van der Waals surface area contributed by atoms with Crippen LogP contribution in [0.15, 0.2) is 35.7 Å². The fraction of sp³-hybridized carbons (Fsp3) is 0.353. The van der Waals surface area contributed by atoms with E-state index in [-0.39, 0.29) is 17.7 Å². The molecule has 1 N–H and O–H groups in total. The van der Waals surface area contributed by atoms with E-state index >= 15 is 0 Å². The molecule has 0 saturated carbocycles. The number of rotatable bonds is 7. The number of halogens is 1. The molecule has 0 radical (unpaired) electrons. The van der Waals surface area contributed by atoms with Gasteiger partial charge in [-0.2, -0.15) is 0 Å². The molecular formula is C17H20FNO2S. The molecule has 1 atom stereocenters. The van der Waals surface area contributed by atoms with Crippen LogP contribution in [-0.2, 0) is 11.2 Å². The number of carbonyl (C=O) groups is 1. The standard InChI is InChI=1S/C17H20FNO2S/c1-12(13-8-9-16(21-2)15(18)11-13)19-17(20)7-3-5-14-6-4-10-22-14/h4,6,8-12H,3,5,7H2,1-2H3,(H,19,20). The van der Waals surface area contributed by atoms with Crippen LogP contribution in [0.25, 0.3) is 0 Å². The number of nitrogens with one attached hydrogen (secondary N) is 1. The average molecular weight is 321 g/mol. The summed E-state index contributed by atoms with van der Waals surface area (Å²) >= 11 is 1.71. The molecule has 0 aliphatic carbocycles. The molecular weight excluding hydrogens is 301 g/mol. The molecule has 1 amide bonds. The second kappa shape index (κ2) is 7.94. The van der Waals surface area contributed by atoms with Crippen LogP contribution >= 0.6 is 11.3 Å². The first-order valence-electron chi connectivity index (χ1n) is 7.25. The second-order valence-electron chi connectivity index (χ2n) is 5.12. The van der Waals surface area contributed by atoms with Crippen molar-refractivity contribution in [2.45, 2.75) is 32.2 Å². The van der Waals surface area contributed by atoms with Crippen molar-refractivity contribution in [3.8, 4) is 5.75 Å². The Labute approximate surface area is 134 Å². The van der Waals surface area contributed by atoms with Crippen LogP contribution in [0.4, 0.5) is 4.39 Å². The zero-order valence-electron chi connectivity index (χ0n) is 12.8. The van der Waals surface area contributed by atoms with Gasteiger partial charge in [-0.25, -0.2) is 4.39 Å². The van der Waals surface area contributed by atoms with Crippen molar-refractivity contribution in [1.29, 1.82) is 0 Å². The van der Waals surface area contributed by atoms with Crippen molar-refractivity contribution in [3.63, 3.8) is 0 Å². The first-order valence-corrected chi connectivity index (χ1v) is 8.13. The number of methoxy groups -OCH3 is 1. The molecule has 5 heteroatoms. The lowest BCUT2D eigenvalue weighted by atomic mass is 10.1. The monoisotopic (exact) mass is 321 g/mol. The number of thiophene rings is 1. The normalized spacial score (nSPS) is 12.0. The van der Waals surface area contributed by atoms with Crippen molar-refractivity contribution in [2.24, 2.45) is 0 Å². The molecule has 22 heavy (non-hydrogen) atoms. The van der Waals surface area contributed by atoms with Gasteiger partial charge < -0.3 is 10.1 Å². The summed E-state index contributed by atoms with van der Waals surface area (Å²) in [5, 5.41) is 4.94. The van der Waals surface area contributed by atoms with Crippen molar-refractivity contribution in [1.82, 2.24) is 5.32 Å². The van der Waals surface area contributed by atoms with Crippen LogP contribution in [0, 0.1) is 5.82 Å². The summed E-state index contributed by atoms with van der Waals surface area (Å²) in [4.78, 5) is 13.2. The smallest absolute Gasteiger partial charge is 0.220 e. The summed E-state index contributed by atoms with van der Waals surface area (Å²) in [6.45, 7) is 1.85. The Hall–Kier alpha value is -1.88. The van der Waals surface area contributed by atoms with E-state index in [1.807, 2.05) is 18.4 Å². The van der Waals surface area contributed by atoms with E-state index in [9.17, 15) is 9.18 Å². The maximum absolute atomic E-state index is 13.7. The van der Waals surface area contributed by atoms with Crippen LogP contribution in [0.1, 0.15) is 36.2 Å². The predicted molar refractivity (Wildman–Crippen MR) is 86.8 cm³/mol. The van der Waals surface area contributed by atoms with E-state index in [0.29, 0.717) is 6.42 Å². The first-order chi connectivity index (χ1) is 10.6. The molecule has 2 aromatic rings. The summed E-state index contributed by atoms with van der Waals surface area (Å²) in [5.41, 5.74) is 0.727. The first kappa shape index (κ1) is 16.5. The minimum atomic E-state index is -0.418. The SMILES string of the molecule is COc1ccc(C(C)NC(=O)CCCc2cccs2)cc1F. The zero-order valence-corrected chi connectivity index (χ0v) is 13.6. The van der Waals surface area contributed by atoms with E-state index in [1.165, 1.54) is 18.1 Å². The van der Waals surface area contributed by atoms with Gasteiger partial charge in [-0.15, -0.1) is 11.3 Å². The van der Waals surface area contributed by atoms with Crippen LogP contribution in [0.3, 0.4) is 0 Å². The molecule has 0 saturated heterocycles. The topological polar surface area (TPSA) is 38.3 Å². The van der Waals surface area contributed by atoms with E-state index < -0.39 is 5.82 Å². The summed E-state index contributed by atoms with van der Waals surface area (Å²) in [6, 6.07) is 8.60. The molecule has 1 heterocycles. The van der Waals surface area contributed by atoms with Crippen LogP contribution in [0.5, 0.6) is 5.75 Å². The van der Waals surface area contributed by atoms with Gasteiger partial charge in [0.1, 0.15) is 0 Å². The molecule has 3 nitrogen and oxygen atoms in total. The third-order valence-electron chi connectivity index (χ3n) is 3.46. The van der Waals surface area contributed by atoms with Crippen LogP contribution < -0.4 is 10.1 Å². The van der Waals surface area contributed by atoms with Gasteiger partial charge in [0.05, 0.1) is 13.2 Å². The molecule has 0 aliphatic rings. The lowest BCUT2D eigenvalue weighted by Crippen LogP contribution is -2.26. The Balaban J connectivity index is 1.81. The van der Waals surface area contributed by atoms with E-state index in [4.69, 9.17) is 4.74 Å². The van der Waals surface area contributed by atoms with Crippen molar-refractivity contribution < 1.29 is 13.9 Å². The number of amides is 1. The largest absolute Gasteiger partial charge is 0.494 e. The molecule has 2 rings (SSSR count). The van der Waals surface area contributed by atoms with Gasteiger partial charge in [0.25, 0.3) is 0 Å². The number of hydrogen-bond donors (Lipinski definition) is 1. The van der Waals surface area contributed by atoms with Crippen LogP contribution in [-0.4, -0.2) is 13.0 Å².